The Labute approximate surface area is 210 Å². The lowest BCUT2D eigenvalue weighted by Gasteiger charge is -2.37. The molecule has 1 aromatic rings. The lowest BCUT2D eigenvalue weighted by Crippen LogP contribution is -2.52. The van der Waals surface area contributed by atoms with Crippen molar-refractivity contribution in [2.24, 2.45) is 4.99 Å². The zero-order valence-electron chi connectivity index (χ0n) is 20.3. The highest BCUT2D eigenvalue weighted by Crippen LogP contribution is 2.30. The van der Waals surface area contributed by atoms with Crippen LogP contribution in [0.4, 0.5) is 5.69 Å². The number of benzene rings is 1. The van der Waals surface area contributed by atoms with Gasteiger partial charge in [0.05, 0.1) is 20.8 Å². The van der Waals surface area contributed by atoms with E-state index in [1.54, 1.807) is 14.2 Å². The molecule has 2 fully saturated rings. The third-order valence-electron chi connectivity index (χ3n) is 6.32. The Morgan fingerprint density at radius 2 is 1.69 bits per heavy atom. The molecule has 2 aliphatic heterocycles. The van der Waals surface area contributed by atoms with E-state index in [1.807, 2.05) is 6.07 Å². The van der Waals surface area contributed by atoms with E-state index in [0.29, 0.717) is 12.1 Å². The van der Waals surface area contributed by atoms with Gasteiger partial charge in [0.15, 0.2) is 5.96 Å². The Kier molecular flexibility index (Phi) is 11.1. The number of piperazine rings is 1. The van der Waals surface area contributed by atoms with Crippen LogP contribution in [0.15, 0.2) is 23.2 Å². The van der Waals surface area contributed by atoms with Crippen molar-refractivity contribution in [2.45, 2.75) is 31.8 Å². The van der Waals surface area contributed by atoms with Gasteiger partial charge in [0.2, 0.25) is 0 Å². The number of nitrogens with zero attached hydrogens (tertiary/aromatic N) is 4. The van der Waals surface area contributed by atoms with E-state index in [1.165, 1.54) is 0 Å². The summed E-state index contributed by atoms with van der Waals surface area (Å²) in [6, 6.07) is 6.98. The van der Waals surface area contributed by atoms with Crippen molar-refractivity contribution in [3.8, 4) is 11.5 Å². The minimum atomic E-state index is 0. The maximum atomic E-state index is 5.43. The van der Waals surface area contributed by atoms with Crippen LogP contribution in [0, 0.1) is 0 Å². The summed E-state index contributed by atoms with van der Waals surface area (Å²) in [6.07, 6.45) is 2.13. The number of guanidine groups is 1. The van der Waals surface area contributed by atoms with Gasteiger partial charge >= 0.3 is 0 Å². The van der Waals surface area contributed by atoms with Gasteiger partial charge in [-0.2, -0.15) is 0 Å². The van der Waals surface area contributed by atoms with E-state index in [2.05, 4.69) is 58.5 Å². The first kappa shape index (κ1) is 26.8. The molecule has 0 radical (unpaired) electrons. The zero-order valence-corrected chi connectivity index (χ0v) is 22.6. The van der Waals surface area contributed by atoms with Crippen molar-refractivity contribution in [1.82, 2.24) is 20.4 Å². The third kappa shape index (κ3) is 7.55. The second-order valence-electron chi connectivity index (χ2n) is 8.59. The van der Waals surface area contributed by atoms with Crippen LogP contribution in [-0.4, -0.2) is 102 Å². The molecule has 0 saturated carbocycles. The first-order chi connectivity index (χ1) is 15.0. The van der Waals surface area contributed by atoms with Gasteiger partial charge in [-0.3, -0.25) is 9.89 Å². The Bertz CT molecular complexity index is 704. The molecule has 0 bridgehead atoms. The molecule has 2 N–H and O–H groups in total. The van der Waals surface area contributed by atoms with Crippen LogP contribution in [0.5, 0.6) is 11.5 Å². The molecule has 1 unspecified atom stereocenters. The Morgan fingerprint density at radius 1 is 1.03 bits per heavy atom. The lowest BCUT2D eigenvalue weighted by molar-refractivity contribution is 0.119. The molecule has 3 rings (SSSR count). The largest absolute Gasteiger partial charge is 0.497 e. The van der Waals surface area contributed by atoms with E-state index >= 15 is 0 Å². The van der Waals surface area contributed by atoms with Crippen LogP contribution in [0.25, 0.3) is 0 Å². The van der Waals surface area contributed by atoms with Crippen LogP contribution in [0.3, 0.4) is 0 Å². The summed E-state index contributed by atoms with van der Waals surface area (Å²) in [5.74, 6) is 2.59. The molecular formula is C23H41IN6O2. The van der Waals surface area contributed by atoms with E-state index in [9.17, 15) is 0 Å². The minimum Gasteiger partial charge on any atom is -0.497 e. The molecule has 32 heavy (non-hydrogen) atoms. The molecule has 182 valence electrons. The van der Waals surface area contributed by atoms with Crippen molar-refractivity contribution in [2.75, 3.05) is 79.0 Å². The maximum Gasteiger partial charge on any atom is 0.191 e. The monoisotopic (exact) mass is 560 g/mol. The Hall–Kier alpha value is -1.46. The predicted octanol–water partition coefficient (Wildman–Crippen LogP) is 2.09. The van der Waals surface area contributed by atoms with Crippen molar-refractivity contribution in [1.29, 1.82) is 0 Å². The van der Waals surface area contributed by atoms with Crippen molar-refractivity contribution in [3.63, 3.8) is 0 Å². The molecule has 2 saturated heterocycles. The number of nitrogens with one attached hydrogen (secondary N) is 2. The molecule has 1 atom stereocenters. The van der Waals surface area contributed by atoms with E-state index in [-0.39, 0.29) is 24.0 Å². The number of anilines is 1. The van der Waals surface area contributed by atoms with E-state index in [0.717, 1.165) is 81.8 Å². The van der Waals surface area contributed by atoms with Crippen LogP contribution in [0.2, 0.25) is 0 Å². The molecule has 0 spiro atoms. The molecule has 0 aromatic heterocycles. The van der Waals surface area contributed by atoms with Crippen molar-refractivity contribution < 1.29 is 9.47 Å². The number of methoxy groups -OCH3 is 2. The topological polar surface area (TPSA) is 64.6 Å². The first-order valence-corrected chi connectivity index (χ1v) is 11.4. The highest BCUT2D eigenvalue weighted by atomic mass is 127. The van der Waals surface area contributed by atoms with Gasteiger partial charge in [0, 0.05) is 75.2 Å². The van der Waals surface area contributed by atoms with Crippen LogP contribution in [-0.2, 0) is 0 Å². The van der Waals surface area contributed by atoms with Gasteiger partial charge in [-0.05, 0) is 33.9 Å². The quantitative estimate of drug-likeness (QED) is 0.301. The lowest BCUT2D eigenvalue weighted by atomic mass is 10.0. The zero-order chi connectivity index (χ0) is 22.2. The average Bonchev–Trinajstić information content (AvgIpc) is 2.79. The number of halogens is 1. The summed E-state index contributed by atoms with van der Waals surface area (Å²) < 4.78 is 10.9. The number of hydrogen-bond donors (Lipinski definition) is 2. The average molecular weight is 561 g/mol. The Balaban J connectivity index is 0.00000363. The highest BCUT2D eigenvalue weighted by molar-refractivity contribution is 14.0. The summed E-state index contributed by atoms with van der Waals surface area (Å²) in [4.78, 5) is 12.1. The van der Waals surface area contributed by atoms with Crippen LogP contribution < -0.4 is 25.0 Å². The normalized spacial score (nSPS) is 21.1. The van der Waals surface area contributed by atoms with Crippen LogP contribution >= 0.6 is 24.0 Å². The number of hydrogen-bond acceptors (Lipinski definition) is 6. The molecular weight excluding hydrogens is 519 g/mol. The summed E-state index contributed by atoms with van der Waals surface area (Å²) >= 11 is 0. The fourth-order valence-corrected chi connectivity index (χ4v) is 4.27. The summed E-state index contributed by atoms with van der Waals surface area (Å²) in [5, 5.41) is 7.10. The van der Waals surface area contributed by atoms with Crippen molar-refractivity contribution in [3.05, 3.63) is 18.2 Å². The molecule has 0 amide bonds. The summed E-state index contributed by atoms with van der Waals surface area (Å²) in [7, 11) is 7.79. The molecule has 8 nitrogen and oxygen atoms in total. The third-order valence-corrected chi connectivity index (χ3v) is 6.32. The SMILES string of the molecule is CCNC(=NCC1CN(C)CCN1C)NC1CCN(c2cc(OC)cc(OC)c2)CC1.I. The minimum absolute atomic E-state index is 0. The number of ether oxygens (including phenoxy) is 2. The second-order valence-corrected chi connectivity index (χ2v) is 8.59. The van der Waals surface area contributed by atoms with Gasteiger partial charge in [-0.15, -0.1) is 24.0 Å². The van der Waals surface area contributed by atoms with E-state index < -0.39 is 0 Å². The smallest absolute Gasteiger partial charge is 0.191 e. The fraction of sp³-hybridized carbons (Fsp3) is 0.696. The summed E-state index contributed by atoms with van der Waals surface area (Å²) in [6.45, 7) is 9.10. The first-order valence-electron chi connectivity index (χ1n) is 11.4. The summed E-state index contributed by atoms with van der Waals surface area (Å²) in [5.41, 5.74) is 1.15. The highest BCUT2D eigenvalue weighted by Gasteiger charge is 2.23. The molecule has 9 heteroatoms. The fourth-order valence-electron chi connectivity index (χ4n) is 4.27. The molecule has 0 aliphatic carbocycles. The number of likely N-dealkylation sites (N-methyl/N-ethyl adjacent to an activating group) is 2. The second kappa shape index (κ2) is 13.3. The van der Waals surface area contributed by atoms with Gasteiger partial charge in [-0.25, -0.2) is 0 Å². The molecule has 2 heterocycles. The van der Waals surface area contributed by atoms with E-state index in [4.69, 9.17) is 14.5 Å². The number of piperidine rings is 1. The van der Waals surface area contributed by atoms with Gasteiger partial charge in [0.1, 0.15) is 11.5 Å². The Morgan fingerprint density at radius 3 is 2.28 bits per heavy atom. The van der Waals surface area contributed by atoms with Gasteiger partial charge in [0.25, 0.3) is 0 Å². The molecule has 1 aromatic carbocycles. The number of rotatable bonds is 7. The van der Waals surface area contributed by atoms with Gasteiger partial charge < -0.3 is 29.9 Å². The molecule has 2 aliphatic rings. The standard InChI is InChI=1S/C23H40N6O2.HI/c1-6-24-23(25-16-20-17-27(2)11-12-28(20)3)26-18-7-9-29(10-8-18)19-13-21(30-4)15-22(14-19)31-5;/h13-15,18,20H,6-12,16-17H2,1-5H3,(H2,24,25,26);1H. The maximum absolute atomic E-state index is 5.43. The van der Waals surface area contributed by atoms with Crippen LogP contribution in [0.1, 0.15) is 19.8 Å². The van der Waals surface area contributed by atoms with Gasteiger partial charge in [-0.1, -0.05) is 0 Å². The van der Waals surface area contributed by atoms with Crippen molar-refractivity contribution >= 4 is 35.6 Å². The number of aliphatic imine (C=N–C) groups is 1. The predicted molar refractivity (Wildman–Crippen MR) is 143 cm³/mol.